The van der Waals surface area contributed by atoms with Crippen LogP contribution in [0.25, 0.3) is 0 Å². The van der Waals surface area contributed by atoms with Gasteiger partial charge in [-0.25, -0.2) is 0 Å². The van der Waals surface area contributed by atoms with Gasteiger partial charge in [0.05, 0.1) is 0 Å². The van der Waals surface area contributed by atoms with Gasteiger partial charge in [-0.15, -0.1) is 0 Å². The SMILES string of the molecule is CC=C(/C=C\C)C(/C=C\C)=C/C. The fourth-order valence-corrected chi connectivity index (χ4v) is 1.08. The van der Waals surface area contributed by atoms with Gasteiger partial charge >= 0.3 is 0 Å². The van der Waals surface area contributed by atoms with E-state index in [9.17, 15) is 0 Å². The lowest BCUT2D eigenvalue weighted by molar-refractivity contribution is 1.45. The molecule has 0 aliphatic heterocycles. The first-order chi connectivity index (χ1) is 5.79. The monoisotopic (exact) mass is 162 g/mol. The van der Waals surface area contributed by atoms with E-state index >= 15 is 0 Å². The van der Waals surface area contributed by atoms with E-state index in [4.69, 9.17) is 0 Å². The molecule has 12 heavy (non-hydrogen) atoms. The molecule has 0 aromatic carbocycles. The van der Waals surface area contributed by atoms with Crippen molar-refractivity contribution in [2.75, 3.05) is 0 Å². The summed E-state index contributed by atoms with van der Waals surface area (Å²) in [4.78, 5) is 0. The predicted molar refractivity (Wildman–Crippen MR) is 57.1 cm³/mol. The van der Waals surface area contributed by atoms with E-state index in [1.165, 1.54) is 11.1 Å². The lowest BCUT2D eigenvalue weighted by Gasteiger charge is -2.00. The zero-order valence-corrected chi connectivity index (χ0v) is 8.46. The van der Waals surface area contributed by atoms with E-state index in [1.54, 1.807) is 0 Å². The Morgan fingerprint density at radius 3 is 1.17 bits per heavy atom. The highest BCUT2D eigenvalue weighted by Crippen LogP contribution is 2.12. The molecule has 0 N–H and O–H groups in total. The molecular weight excluding hydrogens is 144 g/mol. The summed E-state index contributed by atoms with van der Waals surface area (Å²) in [5, 5.41) is 0. The Hall–Kier alpha value is -1.04. The zero-order chi connectivity index (χ0) is 9.40. The highest BCUT2D eigenvalue weighted by Gasteiger charge is 1.93. The highest BCUT2D eigenvalue weighted by atomic mass is 14.0. The van der Waals surface area contributed by atoms with Crippen molar-refractivity contribution >= 4 is 0 Å². The van der Waals surface area contributed by atoms with Gasteiger partial charge in [-0.1, -0.05) is 36.5 Å². The summed E-state index contributed by atoms with van der Waals surface area (Å²) in [5.41, 5.74) is 2.55. The second-order valence-corrected chi connectivity index (χ2v) is 2.49. The molecule has 0 saturated heterocycles. The van der Waals surface area contributed by atoms with Crippen LogP contribution in [0.4, 0.5) is 0 Å². The topological polar surface area (TPSA) is 0 Å². The molecule has 0 bridgehead atoms. The molecule has 0 heterocycles. The smallest absolute Gasteiger partial charge is 0.0233 e. The summed E-state index contributed by atoms with van der Waals surface area (Å²) in [6.07, 6.45) is 12.6. The third kappa shape index (κ3) is 3.38. The first-order valence-electron chi connectivity index (χ1n) is 4.38. The van der Waals surface area contributed by atoms with Crippen molar-refractivity contribution in [3.05, 3.63) is 47.6 Å². The van der Waals surface area contributed by atoms with Gasteiger partial charge in [-0.05, 0) is 38.8 Å². The number of hydrogen-bond donors (Lipinski definition) is 0. The Balaban J connectivity index is 4.71. The van der Waals surface area contributed by atoms with E-state index in [0.29, 0.717) is 0 Å². The van der Waals surface area contributed by atoms with Crippen LogP contribution in [0.2, 0.25) is 0 Å². The molecule has 0 nitrogen and oxygen atoms in total. The molecule has 0 spiro atoms. The van der Waals surface area contributed by atoms with Crippen LogP contribution in [-0.2, 0) is 0 Å². The summed E-state index contributed by atoms with van der Waals surface area (Å²) in [7, 11) is 0. The maximum absolute atomic E-state index is 2.12. The van der Waals surface area contributed by atoms with Crippen molar-refractivity contribution in [1.29, 1.82) is 0 Å². The molecule has 0 aromatic heterocycles. The molecule has 0 unspecified atom stereocenters. The lowest BCUT2D eigenvalue weighted by atomic mass is 10.0. The summed E-state index contributed by atoms with van der Waals surface area (Å²) >= 11 is 0. The van der Waals surface area contributed by atoms with Crippen LogP contribution in [0, 0.1) is 0 Å². The molecule has 0 atom stereocenters. The van der Waals surface area contributed by atoms with Gasteiger partial charge in [0.2, 0.25) is 0 Å². The molecule has 0 aliphatic rings. The predicted octanol–water partition coefficient (Wildman–Crippen LogP) is 4.03. The van der Waals surface area contributed by atoms with Crippen LogP contribution < -0.4 is 0 Å². The van der Waals surface area contributed by atoms with Crippen LogP contribution in [0.5, 0.6) is 0 Å². The average molecular weight is 162 g/mol. The van der Waals surface area contributed by atoms with Gasteiger partial charge < -0.3 is 0 Å². The highest BCUT2D eigenvalue weighted by molar-refractivity contribution is 5.45. The van der Waals surface area contributed by atoms with Crippen LogP contribution in [0.15, 0.2) is 47.6 Å². The zero-order valence-electron chi connectivity index (χ0n) is 8.46. The van der Waals surface area contributed by atoms with Gasteiger partial charge in [-0.3, -0.25) is 0 Å². The molecule has 0 saturated carbocycles. The first-order valence-corrected chi connectivity index (χ1v) is 4.38. The minimum absolute atomic E-state index is 1.28. The standard InChI is InChI=1S/C12H18/c1-5-9-11(7-3)12(8-4)10-6-2/h5-10H,1-4H3/b9-5-,10-6-,11-7+,12-8?. The second-order valence-electron chi connectivity index (χ2n) is 2.49. The maximum Gasteiger partial charge on any atom is -0.0233 e. The minimum Gasteiger partial charge on any atom is -0.0871 e. The summed E-state index contributed by atoms with van der Waals surface area (Å²) in [6, 6.07) is 0. The Kier molecular flexibility index (Phi) is 6.08. The van der Waals surface area contributed by atoms with E-state index in [1.807, 2.05) is 13.8 Å². The number of allylic oxidation sites excluding steroid dienone is 8. The first kappa shape index (κ1) is 11.0. The molecule has 0 heteroatoms. The van der Waals surface area contributed by atoms with E-state index in [-0.39, 0.29) is 0 Å². The summed E-state index contributed by atoms with van der Waals surface area (Å²) < 4.78 is 0. The molecule has 0 aliphatic carbocycles. The maximum atomic E-state index is 2.12. The molecule has 0 fully saturated rings. The molecular formula is C12H18. The van der Waals surface area contributed by atoms with Crippen molar-refractivity contribution < 1.29 is 0 Å². The largest absolute Gasteiger partial charge is 0.0871 e. The fraction of sp³-hybridized carbons (Fsp3) is 0.333. The average Bonchev–Trinajstić information content (AvgIpc) is 2.11. The van der Waals surface area contributed by atoms with Crippen LogP contribution in [-0.4, -0.2) is 0 Å². The third-order valence-corrected chi connectivity index (χ3v) is 1.65. The Labute approximate surface area is 76.0 Å². The van der Waals surface area contributed by atoms with E-state index in [2.05, 4.69) is 50.3 Å². The lowest BCUT2D eigenvalue weighted by Crippen LogP contribution is -1.81. The molecule has 0 amide bonds. The van der Waals surface area contributed by atoms with Crippen LogP contribution in [0.3, 0.4) is 0 Å². The van der Waals surface area contributed by atoms with Gasteiger partial charge in [-0.2, -0.15) is 0 Å². The van der Waals surface area contributed by atoms with Gasteiger partial charge in [0.1, 0.15) is 0 Å². The van der Waals surface area contributed by atoms with E-state index < -0.39 is 0 Å². The molecule has 66 valence electrons. The van der Waals surface area contributed by atoms with Gasteiger partial charge in [0.25, 0.3) is 0 Å². The van der Waals surface area contributed by atoms with Crippen molar-refractivity contribution in [3.63, 3.8) is 0 Å². The summed E-state index contributed by atoms with van der Waals surface area (Å²) in [6.45, 7) is 8.18. The number of hydrogen-bond acceptors (Lipinski definition) is 0. The number of rotatable bonds is 3. The Morgan fingerprint density at radius 2 is 1.00 bits per heavy atom. The third-order valence-electron chi connectivity index (χ3n) is 1.65. The fourth-order valence-electron chi connectivity index (χ4n) is 1.08. The molecule has 0 radical (unpaired) electrons. The Morgan fingerprint density at radius 1 is 0.667 bits per heavy atom. The van der Waals surface area contributed by atoms with Crippen molar-refractivity contribution in [1.82, 2.24) is 0 Å². The molecule has 0 aromatic rings. The van der Waals surface area contributed by atoms with Crippen molar-refractivity contribution in [2.24, 2.45) is 0 Å². The Bertz CT molecular complexity index is 198. The normalized spacial score (nSPS) is 15.0. The van der Waals surface area contributed by atoms with Gasteiger partial charge in [0.15, 0.2) is 0 Å². The van der Waals surface area contributed by atoms with Crippen LogP contribution >= 0.6 is 0 Å². The molecule has 0 rings (SSSR count). The minimum atomic E-state index is 1.28. The van der Waals surface area contributed by atoms with Crippen LogP contribution in [0.1, 0.15) is 27.7 Å². The second kappa shape index (κ2) is 6.66. The van der Waals surface area contributed by atoms with Crippen molar-refractivity contribution in [2.45, 2.75) is 27.7 Å². The quantitative estimate of drug-likeness (QED) is 0.549. The summed E-state index contributed by atoms with van der Waals surface area (Å²) in [5.74, 6) is 0. The van der Waals surface area contributed by atoms with Crippen molar-refractivity contribution in [3.8, 4) is 0 Å². The van der Waals surface area contributed by atoms with E-state index in [0.717, 1.165) is 0 Å². The van der Waals surface area contributed by atoms with Gasteiger partial charge in [0, 0.05) is 0 Å².